The molecule has 17 heavy (non-hydrogen) atoms. The molecule has 0 radical (unpaired) electrons. The lowest BCUT2D eigenvalue weighted by Gasteiger charge is -2.09. The molecule has 5 nitrogen and oxygen atoms in total. The molecule has 88 valence electrons. The number of aromatic nitrogens is 2. The first-order chi connectivity index (χ1) is 8.18. The summed E-state index contributed by atoms with van der Waals surface area (Å²) in [4.78, 5) is 0. The van der Waals surface area contributed by atoms with E-state index in [1.54, 1.807) is 6.20 Å². The smallest absolute Gasteiger partial charge is 0.231 e. The number of rotatable bonds is 1. The van der Waals surface area contributed by atoms with E-state index in [0.717, 1.165) is 33.8 Å². The summed E-state index contributed by atoms with van der Waals surface area (Å²) in [6, 6.07) is 2.05. The highest BCUT2D eigenvalue weighted by molar-refractivity contribution is 5.82. The molecule has 1 aliphatic heterocycles. The van der Waals surface area contributed by atoms with Crippen LogP contribution in [0.3, 0.4) is 0 Å². The molecule has 0 aliphatic carbocycles. The van der Waals surface area contributed by atoms with Crippen LogP contribution in [0.2, 0.25) is 0 Å². The normalized spacial score (nSPS) is 13.1. The van der Waals surface area contributed by atoms with Gasteiger partial charge < -0.3 is 15.2 Å². The average Bonchev–Trinajstić information content (AvgIpc) is 2.92. The van der Waals surface area contributed by atoms with Crippen LogP contribution in [0.25, 0.3) is 11.1 Å². The zero-order valence-electron chi connectivity index (χ0n) is 9.70. The van der Waals surface area contributed by atoms with Gasteiger partial charge in [0.15, 0.2) is 11.5 Å². The van der Waals surface area contributed by atoms with E-state index in [4.69, 9.17) is 15.2 Å². The second-order valence-corrected chi connectivity index (χ2v) is 4.13. The van der Waals surface area contributed by atoms with Crippen molar-refractivity contribution in [3.8, 4) is 22.6 Å². The molecule has 0 fully saturated rings. The van der Waals surface area contributed by atoms with Gasteiger partial charge in [-0.05, 0) is 31.0 Å². The largest absolute Gasteiger partial charge is 0.453 e. The fourth-order valence-electron chi connectivity index (χ4n) is 2.04. The average molecular weight is 231 g/mol. The lowest BCUT2D eigenvalue weighted by molar-refractivity contribution is 0.173. The Labute approximate surface area is 98.5 Å². The van der Waals surface area contributed by atoms with E-state index >= 15 is 0 Å². The number of aromatic amines is 1. The van der Waals surface area contributed by atoms with Crippen molar-refractivity contribution in [3.63, 3.8) is 0 Å². The molecule has 0 spiro atoms. The minimum absolute atomic E-state index is 0.254. The molecule has 0 unspecified atom stereocenters. The van der Waals surface area contributed by atoms with Crippen LogP contribution in [0.15, 0.2) is 12.3 Å². The molecule has 0 atom stereocenters. The molecular weight excluding hydrogens is 218 g/mol. The Kier molecular flexibility index (Phi) is 2.01. The van der Waals surface area contributed by atoms with E-state index in [9.17, 15) is 0 Å². The Bertz CT molecular complexity index is 590. The molecule has 1 aromatic carbocycles. The quantitative estimate of drug-likeness (QED) is 0.787. The highest BCUT2D eigenvalue weighted by Gasteiger charge is 2.24. The fraction of sp³-hybridized carbons (Fsp3) is 0.250. The second kappa shape index (κ2) is 3.41. The van der Waals surface area contributed by atoms with Gasteiger partial charge in [-0.25, -0.2) is 0 Å². The number of ether oxygens (including phenoxy) is 2. The summed E-state index contributed by atoms with van der Waals surface area (Å²) in [5.41, 5.74) is 9.85. The Morgan fingerprint density at radius 2 is 2.00 bits per heavy atom. The SMILES string of the molecule is Cc1cc(-c2cn[nH]c2N)c2c(c1C)OCO2. The maximum Gasteiger partial charge on any atom is 0.231 e. The minimum Gasteiger partial charge on any atom is -0.453 e. The number of nitrogen functional groups attached to an aromatic ring is 1. The van der Waals surface area contributed by atoms with Crippen LogP contribution in [0.5, 0.6) is 11.5 Å². The van der Waals surface area contributed by atoms with Crippen LogP contribution in [0.4, 0.5) is 5.82 Å². The summed E-state index contributed by atoms with van der Waals surface area (Å²) in [6.45, 7) is 4.31. The molecule has 5 heteroatoms. The molecule has 3 rings (SSSR count). The van der Waals surface area contributed by atoms with Gasteiger partial charge in [0.25, 0.3) is 0 Å². The van der Waals surface area contributed by atoms with E-state index in [1.165, 1.54) is 0 Å². The molecule has 3 N–H and O–H groups in total. The summed E-state index contributed by atoms with van der Waals surface area (Å²) in [5.74, 6) is 2.09. The number of aryl methyl sites for hydroxylation is 1. The molecular formula is C12H13N3O2. The van der Waals surface area contributed by atoms with Crippen molar-refractivity contribution in [1.82, 2.24) is 10.2 Å². The summed E-state index contributed by atoms with van der Waals surface area (Å²) < 4.78 is 11.0. The standard InChI is InChI=1S/C12H13N3O2/c1-6-3-8(9-4-14-15-12(9)13)11-10(7(6)2)16-5-17-11/h3-4H,5H2,1-2H3,(H3,13,14,15). The van der Waals surface area contributed by atoms with E-state index in [1.807, 2.05) is 19.9 Å². The molecule has 2 aromatic rings. The molecule has 1 aromatic heterocycles. The first-order valence-electron chi connectivity index (χ1n) is 5.37. The number of fused-ring (bicyclic) bond motifs is 1. The Morgan fingerprint density at radius 3 is 2.71 bits per heavy atom. The van der Waals surface area contributed by atoms with Crippen molar-refractivity contribution in [1.29, 1.82) is 0 Å². The van der Waals surface area contributed by atoms with Crippen LogP contribution in [0.1, 0.15) is 11.1 Å². The Balaban J connectivity index is 2.29. The number of hydrogen-bond acceptors (Lipinski definition) is 4. The predicted octanol–water partition coefficient (Wildman–Crippen LogP) is 2.00. The van der Waals surface area contributed by atoms with Crippen LogP contribution in [-0.2, 0) is 0 Å². The first kappa shape index (κ1) is 10.0. The van der Waals surface area contributed by atoms with E-state index in [2.05, 4.69) is 10.2 Å². The second-order valence-electron chi connectivity index (χ2n) is 4.13. The predicted molar refractivity (Wildman–Crippen MR) is 64.0 cm³/mol. The van der Waals surface area contributed by atoms with Gasteiger partial charge in [0.1, 0.15) is 5.82 Å². The maximum atomic E-state index is 5.84. The van der Waals surface area contributed by atoms with Gasteiger partial charge in [-0.1, -0.05) is 0 Å². The molecule has 0 saturated heterocycles. The lowest BCUT2D eigenvalue weighted by Crippen LogP contribution is -1.94. The van der Waals surface area contributed by atoms with E-state index < -0.39 is 0 Å². The number of nitrogens with one attached hydrogen (secondary N) is 1. The van der Waals surface area contributed by atoms with Gasteiger partial charge in [0, 0.05) is 11.1 Å². The molecule has 1 aliphatic rings. The third kappa shape index (κ3) is 1.35. The molecule has 2 heterocycles. The van der Waals surface area contributed by atoms with Crippen LogP contribution < -0.4 is 15.2 Å². The maximum absolute atomic E-state index is 5.84. The van der Waals surface area contributed by atoms with Gasteiger partial charge in [-0.3, -0.25) is 5.10 Å². The van der Waals surface area contributed by atoms with E-state index in [-0.39, 0.29) is 6.79 Å². The zero-order chi connectivity index (χ0) is 12.0. The number of nitrogens with zero attached hydrogens (tertiary/aromatic N) is 1. The van der Waals surface area contributed by atoms with Gasteiger partial charge >= 0.3 is 0 Å². The van der Waals surface area contributed by atoms with Crippen molar-refractivity contribution in [3.05, 3.63) is 23.4 Å². The Morgan fingerprint density at radius 1 is 1.24 bits per heavy atom. The van der Waals surface area contributed by atoms with Gasteiger partial charge in [0.2, 0.25) is 6.79 Å². The topological polar surface area (TPSA) is 73.2 Å². The van der Waals surface area contributed by atoms with E-state index in [0.29, 0.717) is 5.82 Å². The van der Waals surface area contributed by atoms with Gasteiger partial charge in [0.05, 0.1) is 6.20 Å². The highest BCUT2D eigenvalue weighted by Crippen LogP contribution is 2.45. The van der Waals surface area contributed by atoms with Crippen molar-refractivity contribution in [2.24, 2.45) is 0 Å². The van der Waals surface area contributed by atoms with Crippen LogP contribution >= 0.6 is 0 Å². The summed E-state index contributed by atoms with van der Waals surface area (Å²) in [6.07, 6.45) is 1.70. The highest BCUT2D eigenvalue weighted by atomic mass is 16.7. The number of H-pyrrole nitrogens is 1. The van der Waals surface area contributed by atoms with Gasteiger partial charge in [-0.2, -0.15) is 5.10 Å². The van der Waals surface area contributed by atoms with Crippen molar-refractivity contribution < 1.29 is 9.47 Å². The van der Waals surface area contributed by atoms with Gasteiger partial charge in [-0.15, -0.1) is 0 Å². The number of benzene rings is 1. The fourth-order valence-corrected chi connectivity index (χ4v) is 2.04. The Hall–Kier alpha value is -2.17. The monoisotopic (exact) mass is 231 g/mol. The van der Waals surface area contributed by atoms with Crippen LogP contribution in [0, 0.1) is 13.8 Å². The molecule has 0 saturated carbocycles. The summed E-state index contributed by atoms with van der Waals surface area (Å²) in [7, 11) is 0. The number of nitrogens with two attached hydrogens (primary N) is 1. The first-order valence-corrected chi connectivity index (χ1v) is 5.37. The molecule has 0 amide bonds. The van der Waals surface area contributed by atoms with Crippen LogP contribution in [-0.4, -0.2) is 17.0 Å². The minimum atomic E-state index is 0.254. The number of anilines is 1. The third-order valence-electron chi connectivity index (χ3n) is 3.11. The summed E-state index contributed by atoms with van der Waals surface area (Å²) in [5, 5.41) is 6.65. The third-order valence-corrected chi connectivity index (χ3v) is 3.11. The van der Waals surface area contributed by atoms with Crippen molar-refractivity contribution in [2.45, 2.75) is 13.8 Å². The number of hydrogen-bond donors (Lipinski definition) is 2. The van der Waals surface area contributed by atoms with Crippen molar-refractivity contribution in [2.75, 3.05) is 12.5 Å². The zero-order valence-corrected chi connectivity index (χ0v) is 9.70. The lowest BCUT2D eigenvalue weighted by atomic mass is 10.00. The van der Waals surface area contributed by atoms with Crippen molar-refractivity contribution >= 4 is 5.82 Å². The molecule has 0 bridgehead atoms. The summed E-state index contributed by atoms with van der Waals surface area (Å²) >= 11 is 0.